The van der Waals surface area contributed by atoms with Gasteiger partial charge in [0, 0.05) is 25.7 Å². The molecule has 1 heterocycles. The van der Waals surface area contributed by atoms with E-state index in [1.165, 1.54) is 6.26 Å². The van der Waals surface area contributed by atoms with Gasteiger partial charge in [-0.25, -0.2) is 13.1 Å². The maximum Gasteiger partial charge on any atom is 0.237 e. The molecule has 1 fully saturated rings. The predicted octanol–water partition coefficient (Wildman–Crippen LogP) is -0.309. The number of sulfonamides is 1. The van der Waals surface area contributed by atoms with Crippen LogP contribution >= 0.6 is 0 Å². The second-order valence-corrected chi connectivity index (χ2v) is 6.69. The van der Waals surface area contributed by atoms with Crippen LogP contribution in [0, 0.1) is 0 Å². The van der Waals surface area contributed by atoms with E-state index < -0.39 is 10.0 Å². The standard InChI is InChI=1S/C12H23N3O3S/c1-4-7-13-12(16)10(2)15-8-5-11(6-9-15)14-19(3,17)18/h4,10-11,14H,1,5-9H2,2-3H3,(H,13,16). The molecule has 1 atom stereocenters. The summed E-state index contributed by atoms with van der Waals surface area (Å²) in [7, 11) is -3.15. The molecule has 1 saturated heterocycles. The number of rotatable bonds is 6. The van der Waals surface area contributed by atoms with Crippen LogP contribution in [0.4, 0.5) is 0 Å². The summed E-state index contributed by atoms with van der Waals surface area (Å²) < 4.78 is 24.9. The summed E-state index contributed by atoms with van der Waals surface area (Å²) in [6.45, 7) is 7.32. The van der Waals surface area contributed by atoms with E-state index in [4.69, 9.17) is 0 Å². The van der Waals surface area contributed by atoms with Crippen molar-refractivity contribution in [1.29, 1.82) is 0 Å². The summed E-state index contributed by atoms with van der Waals surface area (Å²) in [5, 5.41) is 2.77. The molecule has 0 aromatic rings. The van der Waals surface area contributed by atoms with Crippen LogP contribution in [0.1, 0.15) is 19.8 Å². The zero-order chi connectivity index (χ0) is 14.5. The van der Waals surface area contributed by atoms with Gasteiger partial charge in [0.1, 0.15) is 0 Å². The van der Waals surface area contributed by atoms with Crippen LogP contribution in [-0.2, 0) is 14.8 Å². The molecule has 1 aliphatic heterocycles. The van der Waals surface area contributed by atoms with Crippen molar-refractivity contribution in [3.05, 3.63) is 12.7 Å². The van der Waals surface area contributed by atoms with Gasteiger partial charge in [0.2, 0.25) is 15.9 Å². The van der Waals surface area contributed by atoms with Gasteiger partial charge in [-0.05, 0) is 19.8 Å². The van der Waals surface area contributed by atoms with Crippen molar-refractivity contribution in [2.45, 2.75) is 31.8 Å². The van der Waals surface area contributed by atoms with Crippen molar-refractivity contribution in [3.63, 3.8) is 0 Å². The van der Waals surface area contributed by atoms with E-state index in [0.29, 0.717) is 6.54 Å². The van der Waals surface area contributed by atoms with Gasteiger partial charge in [-0.3, -0.25) is 9.69 Å². The van der Waals surface area contributed by atoms with Crippen LogP contribution in [0.25, 0.3) is 0 Å². The average molecular weight is 289 g/mol. The van der Waals surface area contributed by atoms with Gasteiger partial charge in [-0.2, -0.15) is 0 Å². The second kappa shape index (κ2) is 7.02. The lowest BCUT2D eigenvalue weighted by Gasteiger charge is -2.35. The fourth-order valence-corrected chi connectivity index (χ4v) is 3.03. The summed E-state index contributed by atoms with van der Waals surface area (Å²) in [6, 6.07) is -0.214. The Morgan fingerprint density at radius 1 is 1.47 bits per heavy atom. The van der Waals surface area contributed by atoms with E-state index >= 15 is 0 Å². The lowest BCUT2D eigenvalue weighted by Crippen LogP contribution is -2.51. The van der Waals surface area contributed by atoms with Gasteiger partial charge in [-0.15, -0.1) is 6.58 Å². The Kier molecular flexibility index (Phi) is 5.96. The number of hydrogen-bond donors (Lipinski definition) is 2. The predicted molar refractivity (Wildman–Crippen MR) is 75.2 cm³/mol. The number of likely N-dealkylation sites (tertiary alicyclic amines) is 1. The Labute approximate surface area is 115 Å². The fourth-order valence-electron chi connectivity index (χ4n) is 2.19. The third-order valence-corrected chi connectivity index (χ3v) is 4.02. The Bertz CT molecular complexity index is 414. The smallest absolute Gasteiger partial charge is 0.237 e. The first kappa shape index (κ1) is 16.1. The van der Waals surface area contributed by atoms with E-state index in [1.807, 2.05) is 6.92 Å². The number of carbonyl (C=O) groups is 1. The third-order valence-electron chi connectivity index (χ3n) is 3.26. The van der Waals surface area contributed by atoms with Crippen molar-refractivity contribution in [2.75, 3.05) is 25.9 Å². The van der Waals surface area contributed by atoms with Crippen LogP contribution < -0.4 is 10.0 Å². The number of piperidine rings is 1. The molecule has 0 bridgehead atoms. The topological polar surface area (TPSA) is 78.5 Å². The highest BCUT2D eigenvalue weighted by molar-refractivity contribution is 7.88. The van der Waals surface area contributed by atoms with Crippen molar-refractivity contribution in [1.82, 2.24) is 14.9 Å². The third kappa shape index (κ3) is 5.71. The minimum absolute atomic E-state index is 0.0188. The summed E-state index contributed by atoms with van der Waals surface area (Å²) in [5.74, 6) is -0.0191. The molecule has 0 aromatic heterocycles. The summed E-state index contributed by atoms with van der Waals surface area (Å²) >= 11 is 0. The van der Waals surface area contributed by atoms with Crippen molar-refractivity contribution in [2.24, 2.45) is 0 Å². The van der Waals surface area contributed by atoms with Crippen molar-refractivity contribution in [3.8, 4) is 0 Å². The number of hydrogen-bond acceptors (Lipinski definition) is 4. The van der Waals surface area contributed by atoms with Gasteiger partial charge in [0.05, 0.1) is 12.3 Å². The van der Waals surface area contributed by atoms with Gasteiger partial charge in [0.25, 0.3) is 0 Å². The SMILES string of the molecule is C=CCNC(=O)C(C)N1CCC(NS(C)(=O)=O)CC1. The molecule has 0 aliphatic carbocycles. The monoisotopic (exact) mass is 289 g/mol. The second-order valence-electron chi connectivity index (χ2n) is 4.91. The first-order valence-corrected chi connectivity index (χ1v) is 8.32. The fraction of sp³-hybridized carbons (Fsp3) is 0.750. The normalized spacial score (nSPS) is 19.9. The van der Waals surface area contributed by atoms with Crippen LogP contribution in [0.2, 0.25) is 0 Å². The molecule has 110 valence electrons. The quantitative estimate of drug-likeness (QED) is 0.658. The van der Waals surface area contributed by atoms with E-state index in [1.54, 1.807) is 6.08 Å². The minimum atomic E-state index is -3.15. The number of nitrogens with one attached hydrogen (secondary N) is 2. The maximum absolute atomic E-state index is 11.8. The summed E-state index contributed by atoms with van der Waals surface area (Å²) in [4.78, 5) is 13.9. The first-order valence-electron chi connectivity index (χ1n) is 6.43. The molecule has 19 heavy (non-hydrogen) atoms. The Morgan fingerprint density at radius 3 is 2.53 bits per heavy atom. The largest absolute Gasteiger partial charge is 0.351 e. The van der Waals surface area contributed by atoms with Gasteiger partial charge in [-0.1, -0.05) is 6.08 Å². The maximum atomic E-state index is 11.8. The number of amides is 1. The molecule has 7 heteroatoms. The van der Waals surface area contributed by atoms with Gasteiger partial charge < -0.3 is 5.32 Å². The highest BCUT2D eigenvalue weighted by Crippen LogP contribution is 2.13. The van der Waals surface area contributed by atoms with E-state index in [-0.39, 0.29) is 18.0 Å². The van der Waals surface area contributed by atoms with Crippen molar-refractivity contribution < 1.29 is 13.2 Å². The van der Waals surface area contributed by atoms with Crippen molar-refractivity contribution >= 4 is 15.9 Å². The summed E-state index contributed by atoms with van der Waals surface area (Å²) in [6.07, 6.45) is 4.27. The lowest BCUT2D eigenvalue weighted by molar-refractivity contribution is -0.126. The zero-order valence-electron chi connectivity index (χ0n) is 11.6. The molecular formula is C12H23N3O3S. The van der Waals surface area contributed by atoms with Gasteiger partial charge in [0.15, 0.2) is 0 Å². The molecule has 1 rings (SSSR count). The molecule has 1 aliphatic rings. The van der Waals surface area contributed by atoms with E-state index in [2.05, 4.69) is 21.5 Å². The van der Waals surface area contributed by atoms with Gasteiger partial charge >= 0.3 is 0 Å². The molecule has 1 unspecified atom stereocenters. The van der Waals surface area contributed by atoms with E-state index in [0.717, 1.165) is 25.9 Å². The van der Waals surface area contributed by atoms with Crippen LogP contribution in [0.5, 0.6) is 0 Å². The van der Waals surface area contributed by atoms with E-state index in [9.17, 15) is 13.2 Å². The molecule has 2 N–H and O–H groups in total. The average Bonchev–Trinajstić information content (AvgIpc) is 2.34. The molecule has 0 saturated carbocycles. The molecule has 6 nitrogen and oxygen atoms in total. The minimum Gasteiger partial charge on any atom is -0.351 e. The molecular weight excluding hydrogens is 266 g/mol. The highest BCUT2D eigenvalue weighted by atomic mass is 32.2. The molecule has 0 spiro atoms. The first-order chi connectivity index (χ1) is 8.83. The van der Waals surface area contributed by atoms with Crippen LogP contribution in [-0.4, -0.2) is 57.2 Å². The lowest BCUT2D eigenvalue weighted by atomic mass is 10.0. The Morgan fingerprint density at radius 2 is 2.05 bits per heavy atom. The number of carbonyl (C=O) groups excluding carboxylic acids is 1. The zero-order valence-corrected chi connectivity index (χ0v) is 12.4. The highest BCUT2D eigenvalue weighted by Gasteiger charge is 2.27. The Hall–Kier alpha value is -0.920. The molecule has 0 radical (unpaired) electrons. The molecule has 1 amide bonds. The number of nitrogens with zero attached hydrogens (tertiary/aromatic N) is 1. The summed E-state index contributed by atoms with van der Waals surface area (Å²) in [5.41, 5.74) is 0. The molecule has 0 aromatic carbocycles. The Balaban J connectivity index is 2.40. The van der Waals surface area contributed by atoms with Crippen LogP contribution in [0.3, 0.4) is 0 Å². The van der Waals surface area contributed by atoms with Crippen LogP contribution in [0.15, 0.2) is 12.7 Å².